The van der Waals surface area contributed by atoms with Gasteiger partial charge in [0.25, 0.3) is 0 Å². The number of ether oxygens (including phenoxy) is 1. The molecule has 0 saturated carbocycles. The Morgan fingerprint density at radius 3 is 2.04 bits per heavy atom. The molecule has 0 aromatic heterocycles. The van der Waals surface area contributed by atoms with Crippen LogP contribution in [0.15, 0.2) is 24.3 Å². The van der Waals surface area contributed by atoms with E-state index in [9.17, 15) is 9.90 Å². The lowest BCUT2D eigenvalue weighted by Gasteiger charge is -2.20. The lowest BCUT2D eigenvalue weighted by atomic mass is 10.1. The molecule has 1 unspecified atom stereocenters. The zero-order valence-corrected chi connectivity index (χ0v) is 18.3. The summed E-state index contributed by atoms with van der Waals surface area (Å²) in [5.41, 5.74) is -0.476. The predicted octanol–water partition coefficient (Wildman–Crippen LogP) is 6.89. The van der Waals surface area contributed by atoms with Crippen LogP contribution in [0.5, 0.6) is 0 Å². The molecule has 3 heteroatoms. The largest absolute Gasteiger partial charge is 0.460 e. The van der Waals surface area contributed by atoms with Crippen molar-refractivity contribution >= 4 is 5.97 Å². The van der Waals surface area contributed by atoms with Gasteiger partial charge in [-0.05, 0) is 59.3 Å². The summed E-state index contributed by atoms with van der Waals surface area (Å²) < 4.78 is 5.23. The summed E-state index contributed by atoms with van der Waals surface area (Å²) >= 11 is 0. The number of esters is 1. The smallest absolute Gasteiger partial charge is 0.308 e. The van der Waals surface area contributed by atoms with Crippen molar-refractivity contribution in [1.82, 2.24) is 0 Å². The van der Waals surface area contributed by atoms with E-state index in [2.05, 4.69) is 31.2 Å². The molecule has 0 heterocycles. The van der Waals surface area contributed by atoms with Gasteiger partial charge in [0.05, 0.1) is 12.5 Å². The van der Waals surface area contributed by atoms with Gasteiger partial charge in [-0.3, -0.25) is 4.79 Å². The van der Waals surface area contributed by atoms with Crippen LogP contribution in [0.1, 0.15) is 111 Å². The third-order valence-electron chi connectivity index (χ3n) is 4.31. The molecule has 0 saturated heterocycles. The van der Waals surface area contributed by atoms with Crippen molar-refractivity contribution in [3.8, 4) is 0 Å². The lowest BCUT2D eigenvalue weighted by molar-refractivity contribution is -0.157. The fourth-order valence-corrected chi connectivity index (χ4v) is 2.87. The van der Waals surface area contributed by atoms with Gasteiger partial charge in [0.15, 0.2) is 0 Å². The molecule has 0 aliphatic carbocycles. The summed E-state index contributed by atoms with van der Waals surface area (Å²) in [5, 5.41) is 9.90. The Balaban J connectivity index is 3.44. The molecule has 0 aromatic rings. The van der Waals surface area contributed by atoms with Crippen molar-refractivity contribution in [1.29, 1.82) is 0 Å². The molecule has 3 nitrogen and oxygen atoms in total. The molecule has 0 fully saturated rings. The van der Waals surface area contributed by atoms with E-state index in [4.69, 9.17) is 4.74 Å². The average molecular weight is 381 g/mol. The minimum absolute atomic E-state index is 0.106. The van der Waals surface area contributed by atoms with Gasteiger partial charge in [-0.2, -0.15) is 0 Å². The van der Waals surface area contributed by atoms with E-state index in [1.54, 1.807) is 0 Å². The van der Waals surface area contributed by atoms with Crippen molar-refractivity contribution in [3.05, 3.63) is 24.3 Å². The monoisotopic (exact) mass is 380 g/mol. The summed E-state index contributed by atoms with van der Waals surface area (Å²) in [4.78, 5) is 11.6. The summed E-state index contributed by atoms with van der Waals surface area (Å²) in [6.07, 6.45) is 22.5. The second-order valence-corrected chi connectivity index (χ2v) is 8.46. The molecule has 0 radical (unpaired) electrons. The van der Waals surface area contributed by atoms with Crippen molar-refractivity contribution in [2.24, 2.45) is 0 Å². The van der Waals surface area contributed by atoms with Crippen molar-refractivity contribution in [2.75, 3.05) is 0 Å². The van der Waals surface area contributed by atoms with Gasteiger partial charge in [-0.1, -0.05) is 69.8 Å². The predicted molar refractivity (Wildman–Crippen MR) is 116 cm³/mol. The molecule has 0 aliphatic heterocycles. The van der Waals surface area contributed by atoms with E-state index >= 15 is 0 Å². The topological polar surface area (TPSA) is 46.5 Å². The number of allylic oxidation sites excluding steroid dienone is 4. The molecular weight excluding hydrogens is 336 g/mol. The minimum Gasteiger partial charge on any atom is -0.460 e. The van der Waals surface area contributed by atoms with Gasteiger partial charge in [-0.15, -0.1) is 0 Å². The van der Waals surface area contributed by atoms with E-state index < -0.39 is 11.7 Å². The maximum atomic E-state index is 11.6. The van der Waals surface area contributed by atoms with Crippen molar-refractivity contribution in [2.45, 2.75) is 123 Å². The quantitative estimate of drug-likeness (QED) is 0.180. The number of aliphatic hydroxyl groups excluding tert-OH is 1. The third-order valence-corrected chi connectivity index (χ3v) is 4.31. The fraction of sp³-hybridized carbons (Fsp3) is 0.792. The van der Waals surface area contributed by atoms with E-state index in [-0.39, 0.29) is 12.4 Å². The number of aliphatic hydroxyl groups is 1. The Morgan fingerprint density at radius 2 is 1.44 bits per heavy atom. The minimum atomic E-state index is -0.571. The highest BCUT2D eigenvalue weighted by molar-refractivity contribution is 5.70. The Labute approximate surface area is 168 Å². The van der Waals surface area contributed by atoms with Crippen LogP contribution in [-0.4, -0.2) is 22.8 Å². The standard InChI is InChI=1S/C24H44O3/c1-5-6-7-8-9-10-11-12-13-14-15-16-17-18-19-20-22(25)21-23(26)27-24(2,3)4/h9-10,12-13,22,25H,5-8,11,14-21H2,1-4H3/b10-9-,13-12-. The van der Waals surface area contributed by atoms with Crippen LogP contribution in [-0.2, 0) is 9.53 Å². The third kappa shape index (κ3) is 21.1. The van der Waals surface area contributed by atoms with Gasteiger partial charge in [0, 0.05) is 0 Å². The van der Waals surface area contributed by atoms with Crippen LogP contribution in [0, 0.1) is 0 Å². The molecule has 0 bridgehead atoms. The van der Waals surface area contributed by atoms with Gasteiger partial charge in [-0.25, -0.2) is 0 Å². The summed E-state index contributed by atoms with van der Waals surface area (Å²) in [5.74, 6) is -0.308. The first-order valence-electron chi connectivity index (χ1n) is 11.0. The van der Waals surface area contributed by atoms with Crippen LogP contribution in [0.4, 0.5) is 0 Å². The number of unbranched alkanes of at least 4 members (excludes halogenated alkanes) is 8. The Morgan fingerprint density at radius 1 is 0.889 bits per heavy atom. The maximum Gasteiger partial charge on any atom is 0.308 e. The first-order valence-corrected chi connectivity index (χ1v) is 11.0. The highest BCUT2D eigenvalue weighted by atomic mass is 16.6. The van der Waals surface area contributed by atoms with E-state index in [1.165, 1.54) is 44.9 Å². The molecule has 0 amide bonds. The number of carbonyl (C=O) groups excluding carboxylic acids is 1. The SMILES string of the molecule is CCCCC/C=C\C/C=C\CCCCCCCC(O)CC(=O)OC(C)(C)C. The molecule has 0 rings (SSSR count). The van der Waals surface area contributed by atoms with Crippen LogP contribution in [0.2, 0.25) is 0 Å². The molecule has 158 valence electrons. The van der Waals surface area contributed by atoms with Gasteiger partial charge < -0.3 is 9.84 Å². The van der Waals surface area contributed by atoms with Gasteiger partial charge >= 0.3 is 5.97 Å². The second-order valence-electron chi connectivity index (χ2n) is 8.46. The van der Waals surface area contributed by atoms with Gasteiger partial charge in [0.1, 0.15) is 5.60 Å². The Hall–Kier alpha value is -1.09. The molecule has 0 aromatic carbocycles. The van der Waals surface area contributed by atoms with Crippen LogP contribution in [0.25, 0.3) is 0 Å². The molecule has 27 heavy (non-hydrogen) atoms. The number of carbonyl (C=O) groups is 1. The highest BCUT2D eigenvalue weighted by Gasteiger charge is 2.18. The lowest BCUT2D eigenvalue weighted by Crippen LogP contribution is -2.26. The van der Waals surface area contributed by atoms with Crippen molar-refractivity contribution in [3.63, 3.8) is 0 Å². The zero-order valence-electron chi connectivity index (χ0n) is 18.3. The normalized spacial score (nSPS) is 13.5. The van der Waals surface area contributed by atoms with E-state index in [0.717, 1.165) is 25.7 Å². The number of hydrogen-bond acceptors (Lipinski definition) is 3. The maximum absolute atomic E-state index is 11.6. The molecular formula is C24H44O3. The van der Waals surface area contributed by atoms with Crippen LogP contribution < -0.4 is 0 Å². The summed E-state index contributed by atoms with van der Waals surface area (Å²) in [6, 6.07) is 0. The first-order chi connectivity index (χ1) is 12.8. The number of rotatable bonds is 16. The zero-order chi connectivity index (χ0) is 20.4. The second kappa shape index (κ2) is 17.0. The van der Waals surface area contributed by atoms with Crippen LogP contribution in [0.3, 0.4) is 0 Å². The first kappa shape index (κ1) is 25.9. The molecule has 1 atom stereocenters. The Bertz CT molecular complexity index is 404. The van der Waals surface area contributed by atoms with Crippen molar-refractivity contribution < 1.29 is 14.6 Å². The van der Waals surface area contributed by atoms with Crippen LogP contribution >= 0.6 is 0 Å². The molecule has 0 spiro atoms. The average Bonchev–Trinajstić information content (AvgIpc) is 2.56. The Kier molecular flexibility index (Phi) is 16.4. The summed E-state index contributed by atoms with van der Waals surface area (Å²) in [6.45, 7) is 7.77. The summed E-state index contributed by atoms with van der Waals surface area (Å²) in [7, 11) is 0. The van der Waals surface area contributed by atoms with E-state index in [1.807, 2.05) is 20.8 Å². The highest BCUT2D eigenvalue weighted by Crippen LogP contribution is 2.13. The number of hydrogen-bond donors (Lipinski definition) is 1. The molecule has 1 N–H and O–H groups in total. The van der Waals surface area contributed by atoms with Gasteiger partial charge in [0.2, 0.25) is 0 Å². The van der Waals surface area contributed by atoms with E-state index in [0.29, 0.717) is 6.42 Å². The fourth-order valence-electron chi connectivity index (χ4n) is 2.87. The molecule has 0 aliphatic rings.